The largest absolute Gasteiger partial charge is 0.495 e. The van der Waals surface area contributed by atoms with Gasteiger partial charge in [-0.25, -0.2) is 0 Å². The first-order chi connectivity index (χ1) is 8.52. The molecule has 0 bridgehead atoms. The van der Waals surface area contributed by atoms with Gasteiger partial charge >= 0.3 is 0 Å². The lowest BCUT2D eigenvalue weighted by Crippen LogP contribution is -2.25. The minimum absolute atomic E-state index is 0.139. The van der Waals surface area contributed by atoms with Gasteiger partial charge in [-0.05, 0) is 24.3 Å². The number of methoxy groups -OCH3 is 1. The molecule has 0 amide bonds. The second-order valence-corrected chi connectivity index (χ2v) is 5.96. The third-order valence-corrected chi connectivity index (χ3v) is 3.87. The van der Waals surface area contributed by atoms with Crippen LogP contribution in [0.15, 0.2) is 18.2 Å². The van der Waals surface area contributed by atoms with Crippen LogP contribution in [0.25, 0.3) is 10.9 Å². The standard InChI is InChI=1S/C15H19NO2/c1-15(2)7-10-13(11(17)8-15)9-5-4-6-12(18-3)14(9)16-10/h4-6,11,16-17H,7-8H2,1-3H3. The number of aromatic amines is 1. The molecular formula is C15H19NO2. The molecule has 0 aliphatic heterocycles. The van der Waals surface area contributed by atoms with E-state index in [-0.39, 0.29) is 11.5 Å². The lowest BCUT2D eigenvalue weighted by atomic mass is 9.75. The van der Waals surface area contributed by atoms with Crippen LogP contribution in [-0.4, -0.2) is 17.2 Å². The van der Waals surface area contributed by atoms with Crippen molar-refractivity contribution in [3.05, 3.63) is 29.5 Å². The second-order valence-electron chi connectivity index (χ2n) is 5.96. The summed E-state index contributed by atoms with van der Waals surface area (Å²) in [4.78, 5) is 3.44. The van der Waals surface area contributed by atoms with Crippen LogP contribution in [0, 0.1) is 5.41 Å². The van der Waals surface area contributed by atoms with Crippen LogP contribution in [0.3, 0.4) is 0 Å². The molecule has 3 heteroatoms. The maximum atomic E-state index is 10.4. The Morgan fingerprint density at radius 3 is 2.89 bits per heavy atom. The van der Waals surface area contributed by atoms with Gasteiger partial charge in [-0.2, -0.15) is 0 Å². The Labute approximate surface area is 107 Å². The number of aromatic nitrogens is 1. The molecule has 1 atom stereocenters. The summed E-state index contributed by atoms with van der Waals surface area (Å²) in [6.07, 6.45) is 1.39. The summed E-state index contributed by atoms with van der Waals surface area (Å²) in [5.41, 5.74) is 3.35. The molecule has 1 unspecified atom stereocenters. The molecule has 3 rings (SSSR count). The van der Waals surface area contributed by atoms with E-state index in [2.05, 4.69) is 24.9 Å². The van der Waals surface area contributed by atoms with E-state index in [0.717, 1.165) is 40.8 Å². The first-order valence-electron chi connectivity index (χ1n) is 6.37. The third kappa shape index (κ3) is 1.62. The second kappa shape index (κ2) is 3.75. The number of ether oxygens (including phenoxy) is 1. The quantitative estimate of drug-likeness (QED) is 0.810. The van der Waals surface area contributed by atoms with Gasteiger partial charge in [0.1, 0.15) is 5.75 Å². The van der Waals surface area contributed by atoms with Gasteiger partial charge in [0.2, 0.25) is 0 Å². The number of hydrogen-bond donors (Lipinski definition) is 2. The number of para-hydroxylation sites is 1. The predicted molar refractivity (Wildman–Crippen MR) is 71.9 cm³/mol. The molecule has 18 heavy (non-hydrogen) atoms. The van der Waals surface area contributed by atoms with E-state index in [1.165, 1.54) is 0 Å². The molecule has 1 aromatic heterocycles. The summed E-state index contributed by atoms with van der Waals surface area (Å²) in [5, 5.41) is 11.5. The SMILES string of the molecule is COc1cccc2c3c([nH]c12)CC(C)(C)CC3O. The zero-order chi connectivity index (χ0) is 12.9. The van der Waals surface area contributed by atoms with Crippen LogP contribution in [0.1, 0.15) is 37.6 Å². The fraction of sp³-hybridized carbons (Fsp3) is 0.467. The van der Waals surface area contributed by atoms with Crippen LogP contribution in [-0.2, 0) is 6.42 Å². The smallest absolute Gasteiger partial charge is 0.142 e. The highest BCUT2D eigenvalue weighted by atomic mass is 16.5. The van der Waals surface area contributed by atoms with Crippen LogP contribution < -0.4 is 4.74 Å². The predicted octanol–water partition coefficient (Wildman–Crippen LogP) is 3.18. The summed E-state index contributed by atoms with van der Waals surface area (Å²) in [6.45, 7) is 4.39. The third-order valence-electron chi connectivity index (χ3n) is 3.87. The van der Waals surface area contributed by atoms with E-state index < -0.39 is 0 Å². The number of fused-ring (bicyclic) bond motifs is 3. The number of aliphatic hydroxyl groups is 1. The van der Waals surface area contributed by atoms with Gasteiger partial charge < -0.3 is 14.8 Å². The molecule has 0 saturated heterocycles. The zero-order valence-corrected chi connectivity index (χ0v) is 11.1. The lowest BCUT2D eigenvalue weighted by molar-refractivity contribution is 0.100. The molecular weight excluding hydrogens is 226 g/mol. The Morgan fingerprint density at radius 1 is 1.39 bits per heavy atom. The molecule has 1 aliphatic carbocycles. The van der Waals surface area contributed by atoms with Crippen LogP contribution >= 0.6 is 0 Å². The van der Waals surface area contributed by atoms with Crippen molar-refractivity contribution in [2.75, 3.05) is 7.11 Å². The maximum Gasteiger partial charge on any atom is 0.142 e. The highest BCUT2D eigenvalue weighted by Crippen LogP contribution is 2.44. The van der Waals surface area contributed by atoms with Crippen molar-refractivity contribution in [1.82, 2.24) is 4.98 Å². The van der Waals surface area contributed by atoms with E-state index in [9.17, 15) is 5.11 Å². The van der Waals surface area contributed by atoms with Crippen LogP contribution in [0.5, 0.6) is 5.75 Å². The maximum absolute atomic E-state index is 10.4. The Kier molecular flexibility index (Phi) is 2.42. The monoisotopic (exact) mass is 245 g/mol. The molecule has 1 aromatic carbocycles. The number of aliphatic hydroxyl groups excluding tert-OH is 1. The highest BCUT2D eigenvalue weighted by Gasteiger charge is 2.34. The van der Waals surface area contributed by atoms with E-state index in [4.69, 9.17) is 4.74 Å². The van der Waals surface area contributed by atoms with Crippen molar-refractivity contribution in [1.29, 1.82) is 0 Å². The van der Waals surface area contributed by atoms with E-state index in [1.54, 1.807) is 7.11 Å². The van der Waals surface area contributed by atoms with E-state index in [1.807, 2.05) is 12.1 Å². The van der Waals surface area contributed by atoms with Crippen molar-refractivity contribution in [2.24, 2.45) is 5.41 Å². The van der Waals surface area contributed by atoms with Crippen molar-refractivity contribution in [3.8, 4) is 5.75 Å². The van der Waals surface area contributed by atoms with Gasteiger partial charge in [-0.15, -0.1) is 0 Å². The molecule has 0 spiro atoms. The molecule has 2 aromatic rings. The molecule has 0 radical (unpaired) electrons. The van der Waals surface area contributed by atoms with Gasteiger partial charge in [0.15, 0.2) is 0 Å². The fourth-order valence-corrected chi connectivity index (χ4v) is 3.13. The summed E-state index contributed by atoms with van der Waals surface area (Å²) >= 11 is 0. The molecule has 0 fully saturated rings. The van der Waals surface area contributed by atoms with Gasteiger partial charge in [0, 0.05) is 16.6 Å². The molecule has 0 saturated carbocycles. The molecule has 96 valence electrons. The summed E-state index contributed by atoms with van der Waals surface area (Å²) < 4.78 is 5.38. The van der Waals surface area contributed by atoms with Gasteiger partial charge in [-0.3, -0.25) is 0 Å². The number of hydrogen-bond acceptors (Lipinski definition) is 2. The van der Waals surface area contributed by atoms with Gasteiger partial charge in [0.25, 0.3) is 0 Å². The summed E-state index contributed by atoms with van der Waals surface area (Å²) in [6, 6.07) is 5.97. The Balaban J connectivity index is 2.26. The topological polar surface area (TPSA) is 45.2 Å². The molecule has 1 heterocycles. The number of benzene rings is 1. The normalized spacial score (nSPS) is 21.9. The Morgan fingerprint density at radius 2 is 2.17 bits per heavy atom. The van der Waals surface area contributed by atoms with Crippen LogP contribution in [0.4, 0.5) is 0 Å². The first-order valence-corrected chi connectivity index (χ1v) is 6.37. The average Bonchev–Trinajstić information content (AvgIpc) is 2.64. The Hall–Kier alpha value is -1.48. The van der Waals surface area contributed by atoms with Gasteiger partial charge in [-0.1, -0.05) is 26.0 Å². The highest BCUT2D eigenvalue weighted by molar-refractivity contribution is 5.90. The van der Waals surface area contributed by atoms with Crippen molar-refractivity contribution in [3.63, 3.8) is 0 Å². The number of H-pyrrole nitrogens is 1. The van der Waals surface area contributed by atoms with E-state index in [0.29, 0.717) is 0 Å². The molecule has 1 aliphatic rings. The minimum Gasteiger partial charge on any atom is -0.495 e. The number of rotatable bonds is 1. The summed E-state index contributed by atoms with van der Waals surface area (Å²) in [7, 11) is 1.68. The van der Waals surface area contributed by atoms with E-state index >= 15 is 0 Å². The van der Waals surface area contributed by atoms with Gasteiger partial charge in [0.05, 0.1) is 18.7 Å². The zero-order valence-electron chi connectivity index (χ0n) is 11.1. The van der Waals surface area contributed by atoms with Crippen molar-refractivity contribution < 1.29 is 9.84 Å². The number of nitrogens with one attached hydrogen (secondary N) is 1. The summed E-state index contributed by atoms with van der Waals surface area (Å²) in [5.74, 6) is 0.840. The average molecular weight is 245 g/mol. The molecule has 3 nitrogen and oxygen atoms in total. The fourth-order valence-electron chi connectivity index (χ4n) is 3.13. The lowest BCUT2D eigenvalue weighted by Gasteiger charge is -2.32. The Bertz CT molecular complexity index is 598. The van der Waals surface area contributed by atoms with Crippen molar-refractivity contribution in [2.45, 2.75) is 32.8 Å². The first kappa shape index (κ1) is 11.6. The van der Waals surface area contributed by atoms with Crippen molar-refractivity contribution >= 4 is 10.9 Å². The minimum atomic E-state index is -0.385. The van der Waals surface area contributed by atoms with Crippen LogP contribution in [0.2, 0.25) is 0 Å². The molecule has 2 N–H and O–H groups in total.